The van der Waals surface area contributed by atoms with E-state index in [0.717, 1.165) is 7.11 Å². The summed E-state index contributed by atoms with van der Waals surface area (Å²) in [6, 6.07) is 9.53. The molecule has 12 nitrogen and oxygen atoms in total. The monoisotopic (exact) mass is 792 g/mol. The molecule has 0 radical (unpaired) electrons. The summed E-state index contributed by atoms with van der Waals surface area (Å²) in [5.74, 6) is -9.78. The van der Waals surface area contributed by atoms with Crippen LogP contribution in [0.1, 0.15) is 35.4 Å². The van der Waals surface area contributed by atoms with E-state index in [1.54, 1.807) is 18.2 Å². The van der Waals surface area contributed by atoms with Crippen molar-refractivity contribution in [3.05, 3.63) is 92.1 Å². The van der Waals surface area contributed by atoms with Gasteiger partial charge in [-0.05, 0) is 60.2 Å². The van der Waals surface area contributed by atoms with Gasteiger partial charge in [0.05, 0.1) is 53.0 Å². The molecule has 1 saturated carbocycles. The van der Waals surface area contributed by atoms with Crippen molar-refractivity contribution in [1.29, 1.82) is 0 Å². The minimum Gasteiger partial charge on any atom is -0.503 e. The molecule has 2 aliphatic heterocycles. The minimum atomic E-state index is -4.79. The molecule has 3 fully saturated rings. The van der Waals surface area contributed by atoms with Gasteiger partial charge in [0, 0.05) is 17.1 Å². The molecule has 276 valence electrons. The van der Waals surface area contributed by atoms with E-state index in [1.165, 1.54) is 31.4 Å². The number of phenolic OH excluding ortho intramolecular Hbond substituents is 1. The average Bonchev–Trinajstić information content (AvgIpc) is 3.50. The molecular weight excluding hydrogens is 768 g/mol. The molecule has 2 N–H and O–H groups in total. The van der Waals surface area contributed by atoms with Crippen LogP contribution in [0.2, 0.25) is 15.1 Å². The van der Waals surface area contributed by atoms with Crippen LogP contribution in [0.25, 0.3) is 0 Å². The maximum atomic E-state index is 15.2. The lowest BCUT2D eigenvalue weighted by molar-refractivity contribution is -0.140. The van der Waals surface area contributed by atoms with Crippen molar-refractivity contribution in [3.8, 4) is 11.5 Å². The van der Waals surface area contributed by atoms with E-state index < -0.39 is 93.1 Å². The van der Waals surface area contributed by atoms with E-state index in [9.17, 15) is 37.5 Å². The smallest absolute Gasteiger partial charge is 0.423 e. The maximum absolute atomic E-state index is 15.2. The molecule has 0 bridgehead atoms. The number of carbonyl (C=O) groups excluding carboxylic acids is 5. The largest absolute Gasteiger partial charge is 0.503 e. The number of amides is 5. The summed E-state index contributed by atoms with van der Waals surface area (Å²) in [6.45, 7) is 0. The number of aromatic hydroxyl groups is 1. The molecule has 18 heteroatoms. The number of likely N-dealkylation sites (tertiary alicyclic amines) is 1. The number of aromatic nitrogens is 1. The Morgan fingerprint density at radius 1 is 0.981 bits per heavy atom. The molecule has 53 heavy (non-hydrogen) atoms. The van der Waals surface area contributed by atoms with E-state index in [0.29, 0.717) is 38.3 Å². The van der Waals surface area contributed by atoms with Gasteiger partial charge in [0.1, 0.15) is 0 Å². The highest BCUT2D eigenvalue weighted by Gasteiger charge is 2.70. The van der Waals surface area contributed by atoms with Crippen LogP contribution in [0.3, 0.4) is 0 Å². The standard InChI is InChI=1S/C35H26Cl3F3N4O8/c1-52-24-10-14(9-22(37)27(24)46)26-18-7-8-19-25(31(49)44(29(19)47)33(51)53-2)20(18)12-21-30(48)45(32(50)34(21,26)15-3-5-17(36)6-4-15)43-28-23(38)11-16(13-42-28)35(39,40)41/h3-7,9-11,13,19-21,25-26,46H,8,12H2,1-2H3,(H,42,43)/t19-,20+,21-,25-,26-,34+/m0/s1. The second-order valence-electron chi connectivity index (χ2n) is 13.0. The number of rotatable bonds is 5. The predicted molar refractivity (Wildman–Crippen MR) is 181 cm³/mol. The molecule has 2 aliphatic carbocycles. The van der Waals surface area contributed by atoms with E-state index in [2.05, 4.69) is 10.4 Å². The van der Waals surface area contributed by atoms with Crippen molar-refractivity contribution in [2.24, 2.45) is 23.7 Å². The number of allylic oxidation sites excluding steroid dienone is 2. The van der Waals surface area contributed by atoms with Gasteiger partial charge in [-0.2, -0.15) is 23.1 Å². The summed E-state index contributed by atoms with van der Waals surface area (Å²) >= 11 is 19.0. The topological polar surface area (TPSA) is 155 Å². The molecule has 3 heterocycles. The molecule has 5 amide bonds. The Balaban J connectivity index is 1.46. The molecule has 3 aromatic rings. The Morgan fingerprint density at radius 3 is 2.30 bits per heavy atom. The number of alkyl halides is 3. The molecule has 7 rings (SSSR count). The summed E-state index contributed by atoms with van der Waals surface area (Å²) in [5, 5.41) is 10.9. The van der Waals surface area contributed by atoms with E-state index in [4.69, 9.17) is 44.3 Å². The van der Waals surface area contributed by atoms with Crippen molar-refractivity contribution in [2.75, 3.05) is 19.6 Å². The van der Waals surface area contributed by atoms with Gasteiger partial charge in [-0.1, -0.05) is 58.6 Å². The number of imide groups is 4. The third kappa shape index (κ3) is 5.42. The SMILES string of the molecule is COC(=O)N1C(=O)[C@H]2[C@H](CC=C3[C@H]2C[C@H]2C(=O)N(Nc4ncc(C(F)(F)F)cc4Cl)C(=O)[C@@]2(c2ccc(Cl)cc2)[C@H]3c2cc(Cl)c(O)c(OC)c2)C1=O. The Bertz CT molecular complexity index is 2150. The summed E-state index contributed by atoms with van der Waals surface area (Å²) in [6.07, 6.45) is -3.98. The Labute approximate surface area is 313 Å². The third-order valence-electron chi connectivity index (χ3n) is 10.5. The zero-order chi connectivity index (χ0) is 38.3. The number of fused-ring (bicyclic) bond motifs is 4. The van der Waals surface area contributed by atoms with Crippen molar-refractivity contribution in [1.82, 2.24) is 14.9 Å². The van der Waals surface area contributed by atoms with Crippen LogP contribution in [-0.2, 0) is 35.5 Å². The fourth-order valence-corrected chi connectivity index (χ4v) is 8.90. The van der Waals surface area contributed by atoms with Crippen LogP contribution in [0, 0.1) is 23.7 Å². The Morgan fingerprint density at radius 2 is 1.68 bits per heavy atom. The second kappa shape index (κ2) is 12.9. The number of carbonyl (C=O) groups is 5. The maximum Gasteiger partial charge on any atom is 0.423 e. The molecule has 1 aromatic heterocycles. The number of phenols is 1. The van der Waals surface area contributed by atoms with Crippen molar-refractivity contribution < 1.29 is 51.7 Å². The molecular formula is C35H26Cl3F3N4O8. The first-order chi connectivity index (χ1) is 25.1. The number of anilines is 1. The first kappa shape index (κ1) is 36.5. The zero-order valence-corrected chi connectivity index (χ0v) is 29.7. The summed E-state index contributed by atoms with van der Waals surface area (Å²) < 4.78 is 50.4. The molecule has 2 saturated heterocycles. The van der Waals surface area contributed by atoms with Gasteiger partial charge in [-0.15, -0.1) is 0 Å². The number of nitrogens with zero attached hydrogens (tertiary/aromatic N) is 3. The van der Waals surface area contributed by atoms with Gasteiger partial charge in [0.25, 0.3) is 11.8 Å². The molecule has 0 spiro atoms. The van der Waals surface area contributed by atoms with Gasteiger partial charge < -0.3 is 14.6 Å². The van der Waals surface area contributed by atoms with Gasteiger partial charge in [0.2, 0.25) is 11.8 Å². The average molecular weight is 794 g/mol. The van der Waals surface area contributed by atoms with Crippen LogP contribution in [0.4, 0.5) is 23.8 Å². The van der Waals surface area contributed by atoms with E-state index in [-0.39, 0.29) is 29.2 Å². The zero-order valence-electron chi connectivity index (χ0n) is 27.4. The number of halogens is 6. The van der Waals surface area contributed by atoms with Crippen molar-refractivity contribution in [3.63, 3.8) is 0 Å². The van der Waals surface area contributed by atoms with Gasteiger partial charge >= 0.3 is 12.3 Å². The number of methoxy groups -OCH3 is 2. The predicted octanol–water partition coefficient (Wildman–Crippen LogP) is 6.53. The second-order valence-corrected chi connectivity index (χ2v) is 14.2. The van der Waals surface area contributed by atoms with Gasteiger partial charge in [-0.3, -0.25) is 24.6 Å². The summed E-state index contributed by atoms with van der Waals surface area (Å²) in [7, 11) is 2.30. The van der Waals surface area contributed by atoms with E-state index in [1.807, 2.05) is 0 Å². The normalized spacial score (nSPS) is 26.6. The summed E-state index contributed by atoms with van der Waals surface area (Å²) in [5.41, 5.74) is 0.519. The number of hydrazine groups is 1. The Hall–Kier alpha value is -4.86. The van der Waals surface area contributed by atoms with Gasteiger partial charge in [-0.25, -0.2) is 9.78 Å². The van der Waals surface area contributed by atoms with Crippen molar-refractivity contribution >= 4 is 70.3 Å². The number of benzene rings is 2. The van der Waals surface area contributed by atoms with Crippen LogP contribution < -0.4 is 10.2 Å². The van der Waals surface area contributed by atoms with Crippen LogP contribution >= 0.6 is 34.8 Å². The quantitative estimate of drug-likeness (QED) is 0.215. The molecule has 2 aromatic carbocycles. The number of nitrogens with one attached hydrogen (secondary N) is 1. The molecule has 0 unspecified atom stereocenters. The van der Waals surface area contributed by atoms with Gasteiger partial charge in [0.15, 0.2) is 17.3 Å². The van der Waals surface area contributed by atoms with Crippen LogP contribution in [0.5, 0.6) is 11.5 Å². The molecule has 6 atom stereocenters. The van der Waals surface area contributed by atoms with Crippen molar-refractivity contribution in [2.45, 2.75) is 30.4 Å². The van der Waals surface area contributed by atoms with E-state index >= 15 is 4.79 Å². The highest BCUT2D eigenvalue weighted by molar-refractivity contribution is 6.33. The number of hydrogen-bond donors (Lipinski definition) is 2. The lowest BCUT2D eigenvalue weighted by atomic mass is 9.49. The first-order valence-corrected chi connectivity index (χ1v) is 17.1. The third-order valence-corrected chi connectivity index (χ3v) is 11.3. The van der Waals surface area contributed by atoms with Crippen LogP contribution in [0.15, 0.2) is 60.3 Å². The lowest BCUT2D eigenvalue weighted by Gasteiger charge is -2.50. The summed E-state index contributed by atoms with van der Waals surface area (Å²) in [4.78, 5) is 74.1. The fourth-order valence-electron chi connectivity index (χ4n) is 8.35. The number of pyridine rings is 1. The van der Waals surface area contributed by atoms with Crippen LogP contribution in [-0.4, -0.2) is 63.9 Å². The highest BCUT2D eigenvalue weighted by Crippen LogP contribution is 2.64. The number of ether oxygens (including phenoxy) is 2. The Kier molecular flexibility index (Phi) is 8.90. The lowest BCUT2D eigenvalue weighted by Crippen LogP contribution is -2.53. The number of hydrogen-bond acceptors (Lipinski definition) is 10. The first-order valence-electron chi connectivity index (χ1n) is 15.9. The highest BCUT2D eigenvalue weighted by atomic mass is 35.5. The minimum absolute atomic E-state index is 0.0232. The fraction of sp³-hybridized carbons (Fsp3) is 0.314. The molecule has 4 aliphatic rings.